The average Bonchev–Trinajstić information content (AvgIpc) is 2.54. The smallest absolute Gasteiger partial charge is 0.319 e. The summed E-state index contributed by atoms with van der Waals surface area (Å²) in [6.45, 7) is 6.50. The van der Waals surface area contributed by atoms with Crippen LogP contribution in [-0.4, -0.2) is 28.5 Å². The van der Waals surface area contributed by atoms with E-state index in [0.29, 0.717) is 30.0 Å². The van der Waals surface area contributed by atoms with Crippen molar-refractivity contribution in [1.82, 2.24) is 15.3 Å². The lowest BCUT2D eigenvalue weighted by Crippen LogP contribution is -2.30. The van der Waals surface area contributed by atoms with Crippen molar-refractivity contribution in [1.29, 1.82) is 0 Å². The molecule has 0 aliphatic carbocycles. The lowest BCUT2D eigenvalue weighted by atomic mass is 9.96. The molecule has 1 aromatic carbocycles. The van der Waals surface area contributed by atoms with Gasteiger partial charge in [-0.05, 0) is 24.1 Å². The number of nitrogens with two attached hydrogens (primary N) is 1. The molecule has 0 atom stereocenters. The van der Waals surface area contributed by atoms with E-state index in [2.05, 4.69) is 20.6 Å². The van der Waals surface area contributed by atoms with Gasteiger partial charge in [-0.15, -0.1) is 0 Å². The molecule has 132 valence electrons. The third-order valence-corrected chi connectivity index (χ3v) is 3.49. The highest BCUT2D eigenvalue weighted by atomic mass is 16.2. The highest BCUT2D eigenvalue weighted by Crippen LogP contribution is 2.18. The third kappa shape index (κ3) is 5.56. The monoisotopic (exact) mass is 341 g/mol. The molecule has 0 bridgehead atoms. The summed E-state index contributed by atoms with van der Waals surface area (Å²) in [4.78, 5) is 31.6. The minimum atomic E-state index is -0.466. The van der Waals surface area contributed by atoms with Crippen LogP contribution in [0.4, 0.5) is 10.5 Å². The maximum absolute atomic E-state index is 11.9. The zero-order valence-corrected chi connectivity index (χ0v) is 14.7. The maximum atomic E-state index is 11.9. The highest BCUT2D eigenvalue weighted by molar-refractivity contribution is 5.92. The molecule has 0 aliphatic rings. The van der Waals surface area contributed by atoms with Gasteiger partial charge < -0.3 is 16.4 Å². The number of amides is 3. The van der Waals surface area contributed by atoms with E-state index in [-0.39, 0.29) is 11.4 Å². The molecule has 7 nitrogen and oxygen atoms in total. The number of carbonyl (C=O) groups excluding carboxylic acids is 2. The Labute approximate surface area is 147 Å². The summed E-state index contributed by atoms with van der Waals surface area (Å²) < 4.78 is 0. The van der Waals surface area contributed by atoms with Gasteiger partial charge in [0, 0.05) is 17.5 Å². The van der Waals surface area contributed by atoms with Gasteiger partial charge in [-0.1, -0.05) is 32.9 Å². The Morgan fingerprint density at radius 2 is 1.84 bits per heavy atom. The molecular weight excluding hydrogens is 318 g/mol. The Balaban J connectivity index is 1.83. The first-order valence-electron chi connectivity index (χ1n) is 8.02. The van der Waals surface area contributed by atoms with Crippen LogP contribution in [0, 0.1) is 0 Å². The first-order chi connectivity index (χ1) is 11.8. The van der Waals surface area contributed by atoms with E-state index >= 15 is 0 Å². The number of carbonyl (C=O) groups is 2. The number of primary amides is 1. The summed E-state index contributed by atoms with van der Waals surface area (Å²) in [7, 11) is 0. The lowest BCUT2D eigenvalue weighted by molar-refractivity contribution is 0.1000. The number of nitrogens with one attached hydrogen (secondary N) is 2. The van der Waals surface area contributed by atoms with Gasteiger partial charge in [-0.3, -0.25) is 4.79 Å². The van der Waals surface area contributed by atoms with E-state index in [0.717, 1.165) is 5.56 Å². The van der Waals surface area contributed by atoms with Crippen LogP contribution in [0.2, 0.25) is 0 Å². The van der Waals surface area contributed by atoms with Gasteiger partial charge in [-0.2, -0.15) is 0 Å². The van der Waals surface area contributed by atoms with Crippen molar-refractivity contribution in [3.05, 3.63) is 53.6 Å². The van der Waals surface area contributed by atoms with Gasteiger partial charge in [0.1, 0.15) is 5.82 Å². The van der Waals surface area contributed by atoms with Crippen LogP contribution in [0.15, 0.2) is 36.7 Å². The van der Waals surface area contributed by atoms with Crippen LogP contribution in [0.3, 0.4) is 0 Å². The van der Waals surface area contributed by atoms with Crippen molar-refractivity contribution >= 4 is 17.6 Å². The molecule has 2 aromatic rings. The van der Waals surface area contributed by atoms with E-state index in [4.69, 9.17) is 5.73 Å². The number of anilines is 1. The van der Waals surface area contributed by atoms with Gasteiger partial charge in [0.05, 0.1) is 18.1 Å². The largest absolute Gasteiger partial charge is 0.366 e. The van der Waals surface area contributed by atoms with Crippen molar-refractivity contribution < 1.29 is 9.59 Å². The third-order valence-electron chi connectivity index (χ3n) is 3.49. The molecule has 0 fully saturated rings. The Morgan fingerprint density at radius 1 is 1.16 bits per heavy atom. The molecule has 3 amide bonds. The summed E-state index contributed by atoms with van der Waals surface area (Å²) in [5.74, 6) is 0.249. The fraction of sp³-hybridized carbons (Fsp3) is 0.333. The van der Waals surface area contributed by atoms with Gasteiger partial charge >= 0.3 is 6.03 Å². The van der Waals surface area contributed by atoms with Crippen LogP contribution in [0.1, 0.15) is 42.5 Å². The van der Waals surface area contributed by atoms with Crippen LogP contribution in [0.25, 0.3) is 0 Å². The Bertz CT molecular complexity index is 751. The van der Waals surface area contributed by atoms with E-state index in [1.165, 1.54) is 0 Å². The molecule has 0 radical (unpaired) electrons. The summed E-state index contributed by atoms with van der Waals surface area (Å²) in [6.07, 6.45) is 3.76. The van der Waals surface area contributed by atoms with E-state index in [1.807, 2.05) is 26.8 Å². The van der Waals surface area contributed by atoms with Crippen LogP contribution in [0.5, 0.6) is 0 Å². The number of hydrogen-bond acceptors (Lipinski definition) is 4. The molecular formula is C18H23N5O2. The minimum Gasteiger partial charge on any atom is -0.366 e. The second-order valence-corrected chi connectivity index (χ2v) is 6.74. The second kappa shape index (κ2) is 7.74. The van der Waals surface area contributed by atoms with E-state index in [1.54, 1.807) is 30.6 Å². The van der Waals surface area contributed by atoms with Gasteiger partial charge in [-0.25, -0.2) is 14.8 Å². The quantitative estimate of drug-likeness (QED) is 0.774. The standard InChI is InChI=1S/C18H23N5O2/c1-18(2,3)16-21-10-14(11-22-16)23-17(25)20-8-7-12-5-4-6-13(9-12)15(19)24/h4-6,9-11H,7-8H2,1-3H3,(H2,19,24)(H2,20,23,25). The van der Waals surface area contributed by atoms with Crippen molar-refractivity contribution in [2.45, 2.75) is 32.6 Å². The normalized spacial score (nSPS) is 11.0. The topological polar surface area (TPSA) is 110 Å². The summed E-state index contributed by atoms with van der Waals surface area (Å²) in [5, 5.41) is 5.44. The van der Waals surface area contributed by atoms with Gasteiger partial charge in [0.25, 0.3) is 0 Å². The first-order valence-corrected chi connectivity index (χ1v) is 8.02. The van der Waals surface area contributed by atoms with Crippen molar-refractivity contribution in [2.24, 2.45) is 5.73 Å². The fourth-order valence-corrected chi connectivity index (χ4v) is 2.16. The average molecular weight is 341 g/mol. The molecule has 0 aliphatic heterocycles. The molecule has 7 heteroatoms. The van der Waals surface area contributed by atoms with Gasteiger partial charge in [0.15, 0.2) is 0 Å². The maximum Gasteiger partial charge on any atom is 0.319 e. The molecule has 25 heavy (non-hydrogen) atoms. The van der Waals surface area contributed by atoms with E-state index < -0.39 is 5.91 Å². The molecule has 1 aromatic heterocycles. The van der Waals surface area contributed by atoms with Crippen molar-refractivity contribution in [3.8, 4) is 0 Å². The number of aromatic nitrogens is 2. The molecule has 4 N–H and O–H groups in total. The second-order valence-electron chi connectivity index (χ2n) is 6.74. The lowest BCUT2D eigenvalue weighted by Gasteiger charge is -2.16. The van der Waals surface area contributed by atoms with Crippen LogP contribution in [-0.2, 0) is 11.8 Å². The van der Waals surface area contributed by atoms with Gasteiger partial charge in [0.2, 0.25) is 5.91 Å². The minimum absolute atomic E-state index is 0.139. The summed E-state index contributed by atoms with van der Waals surface area (Å²) in [5.41, 5.74) is 7.02. The number of rotatable bonds is 5. The predicted molar refractivity (Wildman–Crippen MR) is 96.4 cm³/mol. The zero-order valence-electron chi connectivity index (χ0n) is 14.7. The Kier molecular flexibility index (Phi) is 5.69. The fourth-order valence-electron chi connectivity index (χ4n) is 2.16. The SMILES string of the molecule is CC(C)(C)c1ncc(NC(=O)NCCc2cccc(C(N)=O)c2)cn1. The molecule has 0 unspecified atom stereocenters. The molecule has 1 heterocycles. The predicted octanol–water partition coefficient (Wildman–Crippen LogP) is 2.24. The number of nitrogens with zero attached hydrogens (tertiary/aromatic N) is 2. The van der Waals surface area contributed by atoms with Crippen molar-refractivity contribution in [2.75, 3.05) is 11.9 Å². The molecule has 0 saturated carbocycles. The van der Waals surface area contributed by atoms with Crippen molar-refractivity contribution in [3.63, 3.8) is 0 Å². The number of urea groups is 1. The highest BCUT2D eigenvalue weighted by Gasteiger charge is 2.16. The van der Waals surface area contributed by atoms with Crippen LogP contribution < -0.4 is 16.4 Å². The number of hydrogen-bond donors (Lipinski definition) is 3. The molecule has 0 spiro atoms. The zero-order chi connectivity index (χ0) is 18.4. The van der Waals surface area contributed by atoms with Crippen LogP contribution >= 0.6 is 0 Å². The Morgan fingerprint density at radius 3 is 2.44 bits per heavy atom. The summed E-state index contributed by atoms with van der Waals surface area (Å²) >= 11 is 0. The number of benzene rings is 1. The Hall–Kier alpha value is -2.96. The molecule has 0 saturated heterocycles. The molecule has 2 rings (SSSR count). The summed E-state index contributed by atoms with van der Waals surface area (Å²) in [6, 6.07) is 6.70. The first kappa shape index (κ1) is 18.4. The van der Waals surface area contributed by atoms with E-state index in [9.17, 15) is 9.59 Å².